The van der Waals surface area contributed by atoms with Crippen LogP contribution in [0.4, 0.5) is 0 Å². The number of aromatic nitrogens is 2. The topological polar surface area (TPSA) is 34.9 Å². The van der Waals surface area contributed by atoms with E-state index >= 15 is 0 Å². The van der Waals surface area contributed by atoms with Crippen molar-refractivity contribution in [2.45, 2.75) is 6.42 Å². The van der Waals surface area contributed by atoms with Crippen LogP contribution in [0.2, 0.25) is 0 Å². The highest BCUT2D eigenvalue weighted by atomic mass is 127. The van der Waals surface area contributed by atoms with Crippen LogP contribution < -0.4 is 0 Å². The number of aryl methyl sites for hydroxylation is 1. The van der Waals surface area contributed by atoms with Gasteiger partial charge >= 0.3 is 0 Å². The van der Waals surface area contributed by atoms with Crippen LogP contribution in [0.25, 0.3) is 0 Å². The molecule has 3 nitrogen and oxygen atoms in total. The lowest BCUT2D eigenvalue weighted by molar-refractivity contribution is 0.0992. The zero-order valence-electron chi connectivity index (χ0n) is 8.85. The van der Waals surface area contributed by atoms with Crippen molar-refractivity contribution in [1.82, 2.24) is 9.78 Å². The Balaban J connectivity index is 2.11. The molecule has 1 aromatic heterocycles. The van der Waals surface area contributed by atoms with Crippen molar-refractivity contribution >= 4 is 28.4 Å². The quantitative estimate of drug-likeness (QED) is 0.641. The van der Waals surface area contributed by atoms with E-state index < -0.39 is 0 Å². The summed E-state index contributed by atoms with van der Waals surface area (Å²) < 4.78 is 2.84. The summed E-state index contributed by atoms with van der Waals surface area (Å²) in [6, 6.07) is 9.45. The van der Waals surface area contributed by atoms with Crippen molar-refractivity contribution in [2.75, 3.05) is 0 Å². The lowest BCUT2D eigenvalue weighted by atomic mass is 10.1. The number of halogens is 1. The van der Waals surface area contributed by atoms with Crippen molar-refractivity contribution in [3.05, 3.63) is 51.4 Å². The fourth-order valence-electron chi connectivity index (χ4n) is 1.46. The van der Waals surface area contributed by atoms with Crippen LogP contribution in [0.3, 0.4) is 0 Å². The summed E-state index contributed by atoms with van der Waals surface area (Å²) in [5.74, 6) is 0.107. The smallest absolute Gasteiger partial charge is 0.168 e. The molecule has 16 heavy (non-hydrogen) atoms. The molecule has 0 spiro atoms. The molecule has 1 aromatic carbocycles. The average molecular weight is 326 g/mol. The standard InChI is InChI=1S/C12H11IN2O/c1-15-7-6-11(14-15)8-12(16)9-2-4-10(13)5-3-9/h2-7H,8H2,1H3. The predicted octanol–water partition coefficient (Wildman–Crippen LogP) is 2.45. The van der Waals surface area contributed by atoms with E-state index in [9.17, 15) is 4.79 Å². The van der Waals surface area contributed by atoms with Crippen molar-refractivity contribution in [3.63, 3.8) is 0 Å². The molecule has 0 amide bonds. The van der Waals surface area contributed by atoms with Crippen LogP contribution in [-0.4, -0.2) is 15.6 Å². The van der Waals surface area contributed by atoms with Gasteiger partial charge in [0.2, 0.25) is 0 Å². The molecule has 0 radical (unpaired) electrons. The highest BCUT2D eigenvalue weighted by Crippen LogP contribution is 2.09. The maximum absolute atomic E-state index is 11.9. The SMILES string of the molecule is Cn1ccc(CC(=O)c2ccc(I)cc2)n1. The fraction of sp³-hybridized carbons (Fsp3) is 0.167. The first-order valence-electron chi connectivity index (χ1n) is 4.92. The Labute approximate surface area is 108 Å². The number of rotatable bonds is 3. The van der Waals surface area contributed by atoms with E-state index in [0.717, 1.165) is 14.8 Å². The molecule has 2 rings (SSSR count). The van der Waals surface area contributed by atoms with Gasteiger partial charge in [-0.25, -0.2) is 0 Å². The number of hydrogen-bond acceptors (Lipinski definition) is 2. The summed E-state index contributed by atoms with van der Waals surface area (Å²) >= 11 is 2.22. The molecule has 82 valence electrons. The second kappa shape index (κ2) is 4.78. The molecule has 0 aliphatic rings. The zero-order chi connectivity index (χ0) is 11.5. The van der Waals surface area contributed by atoms with E-state index in [1.807, 2.05) is 43.6 Å². The van der Waals surface area contributed by atoms with Gasteiger partial charge in [0.05, 0.1) is 12.1 Å². The molecule has 0 saturated carbocycles. The van der Waals surface area contributed by atoms with Gasteiger partial charge in [-0.05, 0) is 40.8 Å². The number of carbonyl (C=O) groups is 1. The van der Waals surface area contributed by atoms with Crippen LogP contribution >= 0.6 is 22.6 Å². The summed E-state index contributed by atoms with van der Waals surface area (Å²) in [7, 11) is 1.85. The predicted molar refractivity (Wildman–Crippen MR) is 70.4 cm³/mol. The van der Waals surface area contributed by atoms with E-state index in [1.165, 1.54) is 0 Å². The number of Topliss-reactive ketones (excluding diaryl/α,β-unsaturated/α-hetero) is 1. The summed E-state index contributed by atoms with van der Waals surface area (Å²) in [5.41, 5.74) is 1.55. The minimum Gasteiger partial charge on any atom is -0.294 e. The van der Waals surface area contributed by atoms with Crippen molar-refractivity contribution in [3.8, 4) is 0 Å². The van der Waals surface area contributed by atoms with Gasteiger partial charge in [-0.1, -0.05) is 12.1 Å². The summed E-state index contributed by atoms with van der Waals surface area (Å²) in [5, 5.41) is 4.19. The van der Waals surface area contributed by atoms with Gasteiger partial charge in [-0.2, -0.15) is 5.10 Å². The Morgan fingerprint density at radius 1 is 1.31 bits per heavy atom. The number of benzene rings is 1. The highest BCUT2D eigenvalue weighted by molar-refractivity contribution is 14.1. The van der Waals surface area contributed by atoms with Gasteiger partial charge in [-0.15, -0.1) is 0 Å². The number of hydrogen-bond donors (Lipinski definition) is 0. The summed E-state index contributed by atoms with van der Waals surface area (Å²) in [6.07, 6.45) is 2.21. The summed E-state index contributed by atoms with van der Waals surface area (Å²) in [6.45, 7) is 0. The maximum Gasteiger partial charge on any atom is 0.168 e. The molecule has 2 aromatic rings. The second-order valence-electron chi connectivity index (χ2n) is 3.59. The third-order valence-electron chi connectivity index (χ3n) is 2.28. The molecule has 0 unspecified atom stereocenters. The van der Waals surface area contributed by atoms with Crippen LogP contribution in [0, 0.1) is 3.57 Å². The molecule has 4 heteroatoms. The van der Waals surface area contributed by atoms with Crippen LogP contribution in [0.15, 0.2) is 36.5 Å². The third-order valence-corrected chi connectivity index (χ3v) is 3.00. The molecule has 1 heterocycles. The lowest BCUT2D eigenvalue weighted by Gasteiger charge is -1.99. The average Bonchev–Trinajstić information content (AvgIpc) is 2.65. The van der Waals surface area contributed by atoms with E-state index in [2.05, 4.69) is 27.7 Å². The first-order valence-corrected chi connectivity index (χ1v) is 6.00. The van der Waals surface area contributed by atoms with Gasteiger partial charge in [0.15, 0.2) is 5.78 Å². The van der Waals surface area contributed by atoms with Gasteiger partial charge in [0.25, 0.3) is 0 Å². The van der Waals surface area contributed by atoms with Gasteiger partial charge in [0.1, 0.15) is 0 Å². The highest BCUT2D eigenvalue weighted by Gasteiger charge is 2.08. The molecule has 0 atom stereocenters. The Kier molecular flexibility index (Phi) is 3.38. The first kappa shape index (κ1) is 11.3. The van der Waals surface area contributed by atoms with Crippen LogP contribution in [0.5, 0.6) is 0 Å². The molecule has 0 saturated heterocycles. The molecule has 0 N–H and O–H groups in total. The second-order valence-corrected chi connectivity index (χ2v) is 4.83. The van der Waals surface area contributed by atoms with Gasteiger partial charge in [-0.3, -0.25) is 9.48 Å². The number of nitrogens with zero attached hydrogens (tertiary/aromatic N) is 2. The molecule has 0 aliphatic carbocycles. The zero-order valence-corrected chi connectivity index (χ0v) is 11.0. The molecule has 0 aliphatic heterocycles. The largest absolute Gasteiger partial charge is 0.294 e. The Bertz CT molecular complexity index is 502. The molecule has 0 fully saturated rings. The first-order chi connectivity index (χ1) is 7.65. The van der Waals surface area contributed by atoms with Gasteiger partial charge < -0.3 is 0 Å². The molecular formula is C12H11IN2O. The van der Waals surface area contributed by atoms with E-state index in [1.54, 1.807) is 4.68 Å². The Morgan fingerprint density at radius 3 is 2.56 bits per heavy atom. The third kappa shape index (κ3) is 2.69. The van der Waals surface area contributed by atoms with Crippen molar-refractivity contribution in [2.24, 2.45) is 7.05 Å². The minimum absolute atomic E-state index is 0.107. The van der Waals surface area contributed by atoms with E-state index in [4.69, 9.17) is 0 Å². The minimum atomic E-state index is 0.107. The Morgan fingerprint density at radius 2 is 2.00 bits per heavy atom. The Hall–Kier alpha value is -1.17. The van der Waals surface area contributed by atoms with Crippen LogP contribution in [0.1, 0.15) is 16.1 Å². The monoisotopic (exact) mass is 326 g/mol. The van der Waals surface area contributed by atoms with E-state index in [0.29, 0.717) is 6.42 Å². The summed E-state index contributed by atoms with van der Waals surface area (Å²) in [4.78, 5) is 11.9. The molecule has 0 bridgehead atoms. The van der Waals surface area contributed by atoms with Crippen molar-refractivity contribution < 1.29 is 4.79 Å². The fourth-order valence-corrected chi connectivity index (χ4v) is 1.82. The van der Waals surface area contributed by atoms with E-state index in [-0.39, 0.29) is 5.78 Å². The van der Waals surface area contributed by atoms with Gasteiger partial charge in [0, 0.05) is 22.4 Å². The number of carbonyl (C=O) groups excluding carboxylic acids is 1. The lowest BCUT2D eigenvalue weighted by Crippen LogP contribution is -2.04. The number of ketones is 1. The maximum atomic E-state index is 11.9. The van der Waals surface area contributed by atoms with Crippen LogP contribution in [-0.2, 0) is 13.5 Å². The van der Waals surface area contributed by atoms with Crippen molar-refractivity contribution in [1.29, 1.82) is 0 Å². The molecular weight excluding hydrogens is 315 g/mol. The normalized spacial score (nSPS) is 10.4.